The summed E-state index contributed by atoms with van der Waals surface area (Å²) in [6.45, 7) is 0.00979. The van der Waals surface area contributed by atoms with Crippen LogP contribution in [-0.2, 0) is 0 Å². The molecule has 0 saturated carbocycles. The van der Waals surface area contributed by atoms with Gasteiger partial charge in [0.1, 0.15) is 0 Å². The number of hydrogen-bond donors (Lipinski definition) is 0. The van der Waals surface area contributed by atoms with E-state index in [0.29, 0.717) is 0 Å². The van der Waals surface area contributed by atoms with Crippen LogP contribution < -0.4 is 26.5 Å². The molecule has 0 N–H and O–H groups in total. The van der Waals surface area contributed by atoms with Crippen LogP contribution >= 0.6 is 14.5 Å². The summed E-state index contributed by atoms with van der Waals surface area (Å²) in [5.74, 6) is 0. The van der Waals surface area contributed by atoms with Gasteiger partial charge in [0.15, 0.2) is 0 Å². The van der Waals surface area contributed by atoms with Gasteiger partial charge in [-0.3, -0.25) is 0 Å². The molecule has 0 nitrogen and oxygen atoms in total. The van der Waals surface area contributed by atoms with Gasteiger partial charge in [0.05, 0.1) is 0 Å². The fraction of sp³-hybridized carbons (Fsp3) is 0.231. The monoisotopic (exact) mass is 574 g/mol. The topological polar surface area (TPSA) is 0 Å². The summed E-state index contributed by atoms with van der Waals surface area (Å²) in [5.41, 5.74) is 0. The Kier molecular flexibility index (Phi) is 10.2. The Bertz CT molecular complexity index is 1300. The predicted molar refractivity (Wildman–Crippen MR) is 188 cm³/mol. The molecule has 0 aromatic heterocycles. The van der Waals surface area contributed by atoms with Crippen molar-refractivity contribution in [3.05, 3.63) is 152 Å². The SMILES string of the molecule is CP(CCCCCCCCP(c1ccccc1)c1ccccc1)(c1ccccc1)(c1ccccc1)c1ccccc1. The summed E-state index contributed by atoms with van der Waals surface area (Å²) in [7, 11) is -0.273. The first-order chi connectivity index (χ1) is 20.2. The minimum absolute atomic E-state index is 0.273. The Morgan fingerprint density at radius 3 is 1.10 bits per heavy atom. The first-order valence-corrected chi connectivity index (χ1v) is 19.6. The van der Waals surface area contributed by atoms with Crippen molar-refractivity contribution in [1.29, 1.82) is 0 Å². The van der Waals surface area contributed by atoms with E-state index in [1.54, 1.807) is 0 Å². The fourth-order valence-electron chi connectivity index (χ4n) is 6.44. The molecule has 0 amide bonds. The van der Waals surface area contributed by atoms with E-state index in [4.69, 9.17) is 0 Å². The Morgan fingerprint density at radius 2 is 0.707 bits per heavy atom. The molecule has 0 aliphatic carbocycles. The molecule has 5 aromatic rings. The van der Waals surface area contributed by atoms with Crippen molar-refractivity contribution in [1.82, 2.24) is 0 Å². The van der Waals surface area contributed by atoms with Crippen LogP contribution in [0.5, 0.6) is 0 Å². The minimum atomic E-state index is -2.60. The van der Waals surface area contributed by atoms with E-state index in [1.807, 2.05) is 0 Å². The summed E-state index contributed by atoms with van der Waals surface area (Å²) >= 11 is 0. The van der Waals surface area contributed by atoms with Crippen LogP contribution in [0.1, 0.15) is 38.5 Å². The Balaban J connectivity index is 1.23. The van der Waals surface area contributed by atoms with Crippen LogP contribution in [0.25, 0.3) is 0 Å². The Hall–Kier alpha value is -3.04. The maximum atomic E-state index is 2.61. The molecule has 0 fully saturated rings. The third kappa shape index (κ3) is 6.72. The van der Waals surface area contributed by atoms with Crippen LogP contribution in [0.3, 0.4) is 0 Å². The molecule has 0 saturated heterocycles. The molecule has 5 rings (SSSR count). The number of benzene rings is 5. The van der Waals surface area contributed by atoms with Gasteiger partial charge in [-0.2, -0.15) is 0 Å². The Morgan fingerprint density at radius 1 is 0.390 bits per heavy atom. The number of hydrogen-bond acceptors (Lipinski definition) is 0. The third-order valence-electron chi connectivity index (χ3n) is 8.85. The first-order valence-electron chi connectivity index (χ1n) is 15.3. The average molecular weight is 575 g/mol. The van der Waals surface area contributed by atoms with E-state index >= 15 is 0 Å². The summed E-state index contributed by atoms with van der Waals surface area (Å²) in [6, 6.07) is 56.5. The summed E-state index contributed by atoms with van der Waals surface area (Å²) in [5, 5.41) is 7.53. The van der Waals surface area contributed by atoms with Crippen molar-refractivity contribution in [2.45, 2.75) is 38.5 Å². The van der Waals surface area contributed by atoms with Crippen molar-refractivity contribution in [2.24, 2.45) is 0 Å². The zero-order valence-corrected chi connectivity index (χ0v) is 26.3. The second-order valence-corrected chi connectivity index (χ2v) is 19.4. The van der Waals surface area contributed by atoms with Crippen molar-refractivity contribution in [3.63, 3.8) is 0 Å². The molecule has 5 aromatic carbocycles. The normalized spacial score (nSPS) is 12.6. The molecule has 210 valence electrons. The molecular formula is C39H44P2. The van der Waals surface area contributed by atoms with E-state index in [-0.39, 0.29) is 7.92 Å². The van der Waals surface area contributed by atoms with E-state index in [2.05, 4.69) is 158 Å². The average Bonchev–Trinajstić information content (AvgIpc) is 3.06. The zero-order chi connectivity index (χ0) is 28.2. The van der Waals surface area contributed by atoms with Gasteiger partial charge >= 0.3 is 238 Å². The molecule has 0 spiro atoms. The molecule has 0 radical (unpaired) electrons. The summed E-state index contributed by atoms with van der Waals surface area (Å²) in [6.07, 6.45) is 10.3. The second-order valence-electron chi connectivity index (χ2n) is 11.5. The van der Waals surface area contributed by atoms with Crippen molar-refractivity contribution in [3.8, 4) is 0 Å². The van der Waals surface area contributed by atoms with Gasteiger partial charge in [-0.1, -0.05) is 12.1 Å². The van der Waals surface area contributed by atoms with Crippen LogP contribution in [0, 0.1) is 0 Å². The van der Waals surface area contributed by atoms with Gasteiger partial charge < -0.3 is 0 Å². The van der Waals surface area contributed by atoms with E-state index in [1.165, 1.54) is 77.4 Å². The number of unbranched alkanes of at least 4 members (excludes halogenated alkanes) is 5. The molecule has 2 heteroatoms. The summed E-state index contributed by atoms with van der Waals surface area (Å²) < 4.78 is 0. The molecule has 0 unspecified atom stereocenters. The summed E-state index contributed by atoms with van der Waals surface area (Å²) in [4.78, 5) is 0. The fourth-order valence-corrected chi connectivity index (χ4v) is 14.5. The molecule has 41 heavy (non-hydrogen) atoms. The van der Waals surface area contributed by atoms with Crippen LogP contribution in [0.4, 0.5) is 0 Å². The van der Waals surface area contributed by atoms with Gasteiger partial charge in [-0.15, -0.1) is 0 Å². The first kappa shape index (κ1) is 29.5. The molecule has 0 atom stereocenters. The van der Waals surface area contributed by atoms with Crippen LogP contribution in [0.15, 0.2) is 152 Å². The Labute approximate surface area is 249 Å². The zero-order valence-electron chi connectivity index (χ0n) is 24.5. The van der Waals surface area contributed by atoms with Gasteiger partial charge in [0, 0.05) is 0 Å². The van der Waals surface area contributed by atoms with Crippen LogP contribution in [-0.4, -0.2) is 19.0 Å². The molecule has 0 aliphatic heterocycles. The maximum absolute atomic E-state index is 2.61. The molecule has 0 heterocycles. The van der Waals surface area contributed by atoms with Gasteiger partial charge in [-0.05, 0) is 0 Å². The van der Waals surface area contributed by atoms with Gasteiger partial charge in [0.2, 0.25) is 0 Å². The second kappa shape index (κ2) is 14.2. The third-order valence-corrected chi connectivity index (χ3v) is 18.0. The van der Waals surface area contributed by atoms with Crippen LogP contribution in [0.2, 0.25) is 0 Å². The molecule has 0 aliphatic rings. The van der Waals surface area contributed by atoms with Gasteiger partial charge in [0.25, 0.3) is 0 Å². The quantitative estimate of drug-likeness (QED) is 0.0920. The van der Waals surface area contributed by atoms with Crippen molar-refractivity contribution < 1.29 is 0 Å². The number of rotatable bonds is 14. The van der Waals surface area contributed by atoms with E-state index in [9.17, 15) is 0 Å². The standard InChI is InChI=1S/C39H44P2/c1-41(37-27-15-8-16-28-37,38-29-17-9-18-30-38,39-31-19-10-20-32-39)34-22-5-3-2-4-21-33-40(35-23-11-6-12-24-35)36-25-13-7-14-26-36/h6-20,23-32H,2-5,21-22,33-34H2,1H3. The van der Waals surface area contributed by atoms with E-state index < -0.39 is 6.60 Å². The molecular weight excluding hydrogens is 530 g/mol. The van der Waals surface area contributed by atoms with Crippen molar-refractivity contribution in [2.75, 3.05) is 19.0 Å². The van der Waals surface area contributed by atoms with Gasteiger partial charge in [-0.25, -0.2) is 0 Å². The predicted octanol–water partition coefficient (Wildman–Crippen LogP) is 8.62. The molecule has 0 bridgehead atoms. The van der Waals surface area contributed by atoms with Crippen molar-refractivity contribution >= 4 is 41.0 Å². The van der Waals surface area contributed by atoms with E-state index in [0.717, 1.165) is 0 Å².